The second-order valence-electron chi connectivity index (χ2n) is 6.12. The Labute approximate surface area is 119 Å². The summed E-state index contributed by atoms with van der Waals surface area (Å²) >= 11 is 0. The van der Waals surface area contributed by atoms with Crippen molar-refractivity contribution < 1.29 is 19.4 Å². The molecule has 1 saturated heterocycles. The van der Waals surface area contributed by atoms with Gasteiger partial charge in [-0.25, -0.2) is 4.79 Å². The molecule has 1 amide bonds. The summed E-state index contributed by atoms with van der Waals surface area (Å²) < 4.78 is 5.53. The van der Waals surface area contributed by atoms with Gasteiger partial charge in [0.1, 0.15) is 11.6 Å². The number of ether oxygens (including phenoxy) is 1. The van der Waals surface area contributed by atoms with Crippen LogP contribution >= 0.6 is 0 Å². The Morgan fingerprint density at radius 3 is 2.45 bits per heavy atom. The molecule has 0 bridgehead atoms. The molecule has 0 spiro atoms. The summed E-state index contributed by atoms with van der Waals surface area (Å²) in [6.07, 6.45) is 3.35. The largest absolute Gasteiger partial charge is 0.480 e. The maximum Gasteiger partial charge on any atom is 0.329 e. The summed E-state index contributed by atoms with van der Waals surface area (Å²) in [5.74, 6) is -0.729. The quantitative estimate of drug-likeness (QED) is 0.703. The van der Waals surface area contributed by atoms with Crippen LogP contribution in [-0.4, -0.2) is 41.3 Å². The van der Waals surface area contributed by atoms with Gasteiger partial charge in [0.25, 0.3) is 0 Å². The average molecular weight is 284 g/mol. The van der Waals surface area contributed by atoms with E-state index in [2.05, 4.69) is 12.2 Å². The number of carbonyl (C=O) groups excluding carboxylic acids is 1. The van der Waals surface area contributed by atoms with E-state index < -0.39 is 17.6 Å². The summed E-state index contributed by atoms with van der Waals surface area (Å²) in [6, 6.07) is 0. The zero-order valence-corrected chi connectivity index (χ0v) is 11.9. The number of carboxylic acid groups (broad SMARTS) is 1. The van der Waals surface area contributed by atoms with Gasteiger partial charge in [0, 0.05) is 6.54 Å². The Bertz CT molecular complexity index is 377. The van der Waals surface area contributed by atoms with Crippen LogP contribution in [0.25, 0.3) is 0 Å². The number of rotatable bonds is 4. The third-order valence-electron chi connectivity index (χ3n) is 4.56. The SMILES string of the molecule is CC1CCC(NC(=O)C2CCC(CN)O2)(C(=O)O)CC1. The molecule has 6 heteroatoms. The van der Waals surface area contributed by atoms with Gasteiger partial charge in [0.2, 0.25) is 5.91 Å². The minimum atomic E-state index is -1.12. The van der Waals surface area contributed by atoms with Gasteiger partial charge in [-0.2, -0.15) is 0 Å². The number of amides is 1. The third kappa shape index (κ3) is 3.12. The fourth-order valence-electron chi connectivity index (χ4n) is 3.04. The van der Waals surface area contributed by atoms with Crippen molar-refractivity contribution in [3.05, 3.63) is 0 Å². The normalized spacial score (nSPS) is 37.6. The number of carboxylic acids is 1. The number of hydrogen-bond donors (Lipinski definition) is 3. The van der Waals surface area contributed by atoms with E-state index in [-0.39, 0.29) is 12.0 Å². The number of hydrogen-bond acceptors (Lipinski definition) is 4. The van der Waals surface area contributed by atoms with Crippen molar-refractivity contribution in [3.63, 3.8) is 0 Å². The fraction of sp³-hybridized carbons (Fsp3) is 0.857. The predicted molar refractivity (Wildman–Crippen MR) is 73.1 cm³/mol. The van der Waals surface area contributed by atoms with E-state index in [0.29, 0.717) is 31.7 Å². The fourth-order valence-corrected chi connectivity index (χ4v) is 3.04. The van der Waals surface area contributed by atoms with E-state index in [4.69, 9.17) is 10.5 Å². The lowest BCUT2D eigenvalue weighted by atomic mass is 9.77. The lowest BCUT2D eigenvalue weighted by Gasteiger charge is -2.37. The van der Waals surface area contributed by atoms with Crippen LogP contribution in [0.1, 0.15) is 45.4 Å². The van der Waals surface area contributed by atoms with Crippen LogP contribution in [0.2, 0.25) is 0 Å². The minimum absolute atomic E-state index is 0.0853. The molecule has 2 unspecified atom stereocenters. The second kappa shape index (κ2) is 6.10. The second-order valence-corrected chi connectivity index (χ2v) is 6.12. The number of carbonyl (C=O) groups is 2. The van der Waals surface area contributed by atoms with Gasteiger partial charge in [-0.3, -0.25) is 4.79 Å². The Balaban J connectivity index is 1.98. The summed E-state index contributed by atoms with van der Waals surface area (Å²) in [5, 5.41) is 12.2. The summed E-state index contributed by atoms with van der Waals surface area (Å²) in [7, 11) is 0. The highest BCUT2D eigenvalue weighted by atomic mass is 16.5. The molecule has 1 aliphatic heterocycles. The first-order chi connectivity index (χ1) is 9.47. The molecule has 6 nitrogen and oxygen atoms in total. The van der Waals surface area contributed by atoms with Crippen molar-refractivity contribution in [2.45, 2.75) is 63.2 Å². The smallest absolute Gasteiger partial charge is 0.329 e. The van der Waals surface area contributed by atoms with Gasteiger partial charge in [0.05, 0.1) is 6.10 Å². The Morgan fingerprint density at radius 2 is 1.95 bits per heavy atom. The first kappa shape index (κ1) is 15.3. The number of aliphatic carboxylic acids is 1. The molecule has 0 radical (unpaired) electrons. The van der Waals surface area contributed by atoms with Gasteiger partial charge in [-0.1, -0.05) is 6.92 Å². The molecule has 2 rings (SSSR count). The van der Waals surface area contributed by atoms with Crippen molar-refractivity contribution in [1.29, 1.82) is 0 Å². The maximum absolute atomic E-state index is 12.2. The summed E-state index contributed by atoms with van der Waals surface area (Å²) in [6.45, 7) is 2.50. The van der Waals surface area contributed by atoms with Crippen molar-refractivity contribution in [2.75, 3.05) is 6.54 Å². The van der Waals surface area contributed by atoms with Crippen LogP contribution in [0.4, 0.5) is 0 Å². The molecule has 0 aromatic carbocycles. The van der Waals surface area contributed by atoms with E-state index in [1.54, 1.807) is 0 Å². The van der Waals surface area contributed by atoms with Gasteiger partial charge in [0.15, 0.2) is 0 Å². The van der Waals surface area contributed by atoms with Gasteiger partial charge < -0.3 is 20.9 Å². The summed E-state index contributed by atoms with van der Waals surface area (Å²) in [4.78, 5) is 23.8. The zero-order valence-electron chi connectivity index (χ0n) is 11.9. The van der Waals surface area contributed by atoms with Crippen LogP contribution in [0.15, 0.2) is 0 Å². The summed E-state index contributed by atoms with van der Waals surface area (Å²) in [5.41, 5.74) is 4.40. The highest BCUT2D eigenvalue weighted by Gasteiger charge is 2.44. The molecule has 1 saturated carbocycles. The highest BCUT2D eigenvalue weighted by molar-refractivity contribution is 5.89. The topological polar surface area (TPSA) is 102 Å². The molecule has 2 atom stereocenters. The maximum atomic E-state index is 12.2. The average Bonchev–Trinajstić information content (AvgIpc) is 2.90. The molecule has 2 fully saturated rings. The number of nitrogens with one attached hydrogen (secondary N) is 1. The predicted octanol–water partition coefficient (Wildman–Crippen LogP) is 0.642. The molecule has 114 valence electrons. The zero-order chi connectivity index (χ0) is 14.8. The molecule has 4 N–H and O–H groups in total. The Kier molecular flexibility index (Phi) is 4.65. The Hall–Kier alpha value is -1.14. The third-order valence-corrected chi connectivity index (χ3v) is 4.56. The molecular weight excluding hydrogens is 260 g/mol. The molecule has 1 heterocycles. The van der Waals surface area contributed by atoms with Crippen molar-refractivity contribution >= 4 is 11.9 Å². The van der Waals surface area contributed by atoms with Gasteiger partial charge in [-0.05, 0) is 44.4 Å². The van der Waals surface area contributed by atoms with Gasteiger partial charge in [-0.15, -0.1) is 0 Å². The molecule has 2 aliphatic rings. The molecule has 0 aromatic heterocycles. The first-order valence-electron chi connectivity index (χ1n) is 7.38. The first-order valence-corrected chi connectivity index (χ1v) is 7.38. The van der Waals surface area contributed by atoms with Crippen LogP contribution in [-0.2, 0) is 14.3 Å². The van der Waals surface area contributed by atoms with E-state index in [1.165, 1.54) is 0 Å². The van der Waals surface area contributed by atoms with E-state index in [0.717, 1.165) is 19.3 Å². The molecule has 0 aromatic rings. The number of nitrogens with two attached hydrogens (primary N) is 1. The lowest BCUT2D eigenvalue weighted by Crippen LogP contribution is -2.58. The van der Waals surface area contributed by atoms with Crippen molar-refractivity contribution in [1.82, 2.24) is 5.32 Å². The lowest BCUT2D eigenvalue weighted by molar-refractivity contribution is -0.151. The molecule has 20 heavy (non-hydrogen) atoms. The molecule has 1 aliphatic carbocycles. The van der Waals surface area contributed by atoms with E-state index >= 15 is 0 Å². The highest BCUT2D eigenvalue weighted by Crippen LogP contribution is 2.32. The standard InChI is InChI=1S/C14H24N2O4/c1-9-4-6-14(7-5-9,13(18)19)16-12(17)11-3-2-10(8-15)20-11/h9-11H,2-8,15H2,1H3,(H,16,17)(H,18,19). The van der Waals surface area contributed by atoms with Gasteiger partial charge >= 0.3 is 5.97 Å². The van der Waals surface area contributed by atoms with Crippen LogP contribution in [0, 0.1) is 5.92 Å². The van der Waals surface area contributed by atoms with E-state index in [9.17, 15) is 14.7 Å². The monoisotopic (exact) mass is 284 g/mol. The van der Waals surface area contributed by atoms with Crippen molar-refractivity contribution in [2.24, 2.45) is 11.7 Å². The Morgan fingerprint density at radius 1 is 1.30 bits per heavy atom. The minimum Gasteiger partial charge on any atom is -0.480 e. The van der Waals surface area contributed by atoms with Crippen LogP contribution in [0.3, 0.4) is 0 Å². The van der Waals surface area contributed by atoms with Crippen LogP contribution < -0.4 is 11.1 Å². The van der Waals surface area contributed by atoms with Crippen molar-refractivity contribution in [3.8, 4) is 0 Å². The van der Waals surface area contributed by atoms with Crippen LogP contribution in [0.5, 0.6) is 0 Å². The molecular formula is C14H24N2O4. The van der Waals surface area contributed by atoms with E-state index in [1.807, 2.05) is 0 Å².